The van der Waals surface area contributed by atoms with Crippen LogP contribution in [-0.2, 0) is 4.79 Å². The molecule has 2 N–H and O–H groups in total. The van der Waals surface area contributed by atoms with Crippen molar-refractivity contribution in [2.75, 3.05) is 10.6 Å². The second kappa shape index (κ2) is 10.3. The minimum atomic E-state index is -0.493. The Balaban J connectivity index is 1.41. The molecule has 184 valence electrons. The Morgan fingerprint density at radius 3 is 2.46 bits per heavy atom. The molecular formula is C26H18Cl2N6O3. The number of hydrogen-bond donors (Lipinski definition) is 2. The van der Waals surface area contributed by atoms with Gasteiger partial charge in [0.2, 0.25) is 5.95 Å². The Hall–Kier alpha value is -4.47. The molecule has 3 aromatic carbocycles. The molecule has 1 aliphatic rings. The summed E-state index contributed by atoms with van der Waals surface area (Å²) >= 11 is 12.1. The zero-order chi connectivity index (χ0) is 25.9. The number of carbonyl (C=O) groups is 1. The third-order valence-corrected chi connectivity index (χ3v) is 6.08. The summed E-state index contributed by atoms with van der Waals surface area (Å²) in [5.74, 6) is 0.0506. The van der Waals surface area contributed by atoms with Crippen LogP contribution in [0, 0.1) is 10.1 Å². The number of halogens is 2. The summed E-state index contributed by atoms with van der Waals surface area (Å²) in [6.07, 6.45) is 4.75. The molecule has 0 unspecified atom stereocenters. The minimum absolute atomic E-state index is 0.0608. The fourth-order valence-corrected chi connectivity index (χ4v) is 4.06. The van der Waals surface area contributed by atoms with Crippen LogP contribution >= 0.6 is 23.2 Å². The minimum Gasteiger partial charge on any atom is -0.324 e. The van der Waals surface area contributed by atoms with Gasteiger partial charge in [0.1, 0.15) is 6.04 Å². The molecular weight excluding hydrogens is 515 g/mol. The average molecular weight is 533 g/mol. The summed E-state index contributed by atoms with van der Waals surface area (Å²) in [6.45, 7) is 0. The summed E-state index contributed by atoms with van der Waals surface area (Å²) < 4.78 is 1.67. The van der Waals surface area contributed by atoms with Crippen LogP contribution in [0.25, 0.3) is 11.8 Å². The fraction of sp³-hybridized carbons (Fsp3) is 0.0385. The highest BCUT2D eigenvalue weighted by molar-refractivity contribution is 6.30. The van der Waals surface area contributed by atoms with Crippen LogP contribution in [0.2, 0.25) is 10.0 Å². The number of allylic oxidation sites excluding steroid dienone is 1. The standard InChI is InChI=1S/C26H18Cl2N6O3/c27-19-9-5-17(6-10-19)22-15-23(18-7-11-20(28)12-8-18)33-26(29-22)31-25(32-33)30-24(35)13-4-16-2-1-3-21(14-16)34(36)37/h1-15,23H,(H2,29,30,31,32,35)/b13-4+/t23-/m0/s1. The molecule has 0 saturated carbocycles. The molecule has 37 heavy (non-hydrogen) atoms. The van der Waals surface area contributed by atoms with E-state index in [0.717, 1.165) is 16.8 Å². The summed E-state index contributed by atoms with van der Waals surface area (Å²) in [5, 5.41) is 22.6. The molecule has 1 aliphatic heterocycles. The predicted octanol–water partition coefficient (Wildman–Crippen LogP) is 6.20. The van der Waals surface area contributed by atoms with Crippen LogP contribution in [0.3, 0.4) is 0 Å². The van der Waals surface area contributed by atoms with Gasteiger partial charge in [-0.05, 0) is 53.1 Å². The van der Waals surface area contributed by atoms with Crippen LogP contribution in [0.1, 0.15) is 22.7 Å². The van der Waals surface area contributed by atoms with E-state index in [1.54, 1.807) is 41.1 Å². The Labute approximate surface area is 221 Å². The monoisotopic (exact) mass is 532 g/mol. The van der Waals surface area contributed by atoms with Crippen molar-refractivity contribution in [1.82, 2.24) is 14.8 Å². The molecule has 0 radical (unpaired) electrons. The lowest BCUT2D eigenvalue weighted by Crippen LogP contribution is -2.20. The van der Waals surface area contributed by atoms with E-state index in [-0.39, 0.29) is 17.7 Å². The van der Waals surface area contributed by atoms with Gasteiger partial charge in [0, 0.05) is 34.0 Å². The normalized spacial score (nSPS) is 14.5. The maximum atomic E-state index is 12.5. The van der Waals surface area contributed by atoms with Crippen molar-refractivity contribution in [2.45, 2.75) is 6.04 Å². The summed E-state index contributed by atoms with van der Waals surface area (Å²) in [7, 11) is 0. The van der Waals surface area contributed by atoms with E-state index >= 15 is 0 Å². The lowest BCUT2D eigenvalue weighted by molar-refractivity contribution is -0.384. The van der Waals surface area contributed by atoms with Gasteiger partial charge < -0.3 is 5.32 Å². The fourth-order valence-electron chi connectivity index (χ4n) is 3.81. The molecule has 11 heteroatoms. The molecule has 0 aliphatic carbocycles. The third kappa shape index (κ3) is 5.53. The van der Waals surface area contributed by atoms with Crippen molar-refractivity contribution >= 4 is 58.5 Å². The van der Waals surface area contributed by atoms with Gasteiger partial charge in [-0.25, -0.2) is 4.68 Å². The van der Waals surface area contributed by atoms with E-state index in [1.807, 2.05) is 30.3 Å². The SMILES string of the molecule is O=C(/C=C/c1cccc([N+](=O)[O-])c1)Nc1nc2n(n1)[C@H](c1ccc(Cl)cc1)C=C(c1ccc(Cl)cc1)N2. The van der Waals surface area contributed by atoms with Crippen molar-refractivity contribution in [1.29, 1.82) is 0 Å². The van der Waals surface area contributed by atoms with E-state index in [1.165, 1.54) is 24.3 Å². The summed E-state index contributed by atoms with van der Waals surface area (Å²) in [4.78, 5) is 27.5. The highest BCUT2D eigenvalue weighted by Gasteiger charge is 2.25. The highest BCUT2D eigenvalue weighted by atomic mass is 35.5. The summed E-state index contributed by atoms with van der Waals surface area (Å²) in [6, 6.07) is 20.4. The molecule has 0 fully saturated rings. The van der Waals surface area contributed by atoms with Gasteiger partial charge in [-0.1, -0.05) is 59.6 Å². The Kier molecular flexibility index (Phi) is 6.72. The zero-order valence-electron chi connectivity index (χ0n) is 19.0. The zero-order valence-corrected chi connectivity index (χ0v) is 20.5. The third-order valence-electron chi connectivity index (χ3n) is 5.58. The van der Waals surface area contributed by atoms with Crippen molar-refractivity contribution in [2.24, 2.45) is 0 Å². The van der Waals surface area contributed by atoms with Crippen LogP contribution in [0.15, 0.2) is 84.9 Å². The first-order valence-electron chi connectivity index (χ1n) is 11.1. The number of nitro benzene ring substituents is 1. The number of nitrogens with one attached hydrogen (secondary N) is 2. The average Bonchev–Trinajstić information content (AvgIpc) is 3.30. The Morgan fingerprint density at radius 2 is 1.76 bits per heavy atom. The molecule has 0 saturated heterocycles. The number of carbonyl (C=O) groups excluding carboxylic acids is 1. The van der Waals surface area contributed by atoms with Crippen molar-refractivity contribution in [3.8, 4) is 0 Å². The van der Waals surface area contributed by atoms with Gasteiger partial charge >= 0.3 is 0 Å². The van der Waals surface area contributed by atoms with Crippen LogP contribution in [-0.4, -0.2) is 25.6 Å². The largest absolute Gasteiger partial charge is 0.324 e. The number of non-ortho nitro benzene ring substituents is 1. The van der Waals surface area contributed by atoms with E-state index in [0.29, 0.717) is 21.6 Å². The number of nitrogens with zero attached hydrogens (tertiary/aromatic N) is 4. The van der Waals surface area contributed by atoms with Crippen LogP contribution < -0.4 is 10.6 Å². The smallest absolute Gasteiger partial charge is 0.270 e. The van der Waals surface area contributed by atoms with Crippen LogP contribution in [0.4, 0.5) is 17.6 Å². The molecule has 9 nitrogen and oxygen atoms in total. The molecule has 1 atom stereocenters. The van der Waals surface area contributed by atoms with Crippen LogP contribution in [0.5, 0.6) is 0 Å². The molecule has 1 aromatic heterocycles. The number of aromatic nitrogens is 3. The van der Waals surface area contributed by atoms with E-state index < -0.39 is 10.8 Å². The van der Waals surface area contributed by atoms with Gasteiger partial charge in [-0.3, -0.25) is 20.2 Å². The van der Waals surface area contributed by atoms with Crippen molar-refractivity contribution < 1.29 is 9.72 Å². The van der Waals surface area contributed by atoms with Gasteiger partial charge in [0.15, 0.2) is 0 Å². The van der Waals surface area contributed by atoms with Gasteiger partial charge in [0.05, 0.1) is 4.92 Å². The van der Waals surface area contributed by atoms with E-state index in [9.17, 15) is 14.9 Å². The number of nitro groups is 1. The Bertz CT molecular complexity index is 1550. The van der Waals surface area contributed by atoms with Gasteiger partial charge in [0.25, 0.3) is 17.5 Å². The molecule has 4 aromatic rings. The molecule has 1 amide bonds. The molecule has 0 bridgehead atoms. The maximum Gasteiger partial charge on any atom is 0.270 e. The van der Waals surface area contributed by atoms with E-state index in [4.69, 9.17) is 23.2 Å². The molecule has 2 heterocycles. The molecule has 5 rings (SSSR count). The summed E-state index contributed by atoms with van der Waals surface area (Å²) in [5.41, 5.74) is 3.09. The van der Waals surface area contributed by atoms with Crippen molar-refractivity contribution in [3.05, 3.63) is 122 Å². The van der Waals surface area contributed by atoms with E-state index in [2.05, 4.69) is 20.7 Å². The number of hydrogen-bond acceptors (Lipinski definition) is 6. The first-order chi connectivity index (χ1) is 17.9. The lowest BCUT2D eigenvalue weighted by Gasteiger charge is -2.24. The van der Waals surface area contributed by atoms with Gasteiger partial charge in [-0.15, -0.1) is 5.10 Å². The topological polar surface area (TPSA) is 115 Å². The number of anilines is 2. The first-order valence-corrected chi connectivity index (χ1v) is 11.8. The Morgan fingerprint density at radius 1 is 1.05 bits per heavy atom. The lowest BCUT2D eigenvalue weighted by atomic mass is 10.0. The number of benzene rings is 3. The number of amides is 1. The van der Waals surface area contributed by atoms with Gasteiger partial charge in [-0.2, -0.15) is 4.98 Å². The second-order valence-electron chi connectivity index (χ2n) is 8.09. The van der Waals surface area contributed by atoms with Crippen molar-refractivity contribution in [3.63, 3.8) is 0 Å². The second-order valence-corrected chi connectivity index (χ2v) is 8.96. The molecule has 0 spiro atoms. The number of fused-ring (bicyclic) bond motifs is 1. The first kappa shape index (κ1) is 24.2. The highest BCUT2D eigenvalue weighted by Crippen LogP contribution is 2.34. The maximum absolute atomic E-state index is 12.5. The number of rotatable bonds is 6. The quantitative estimate of drug-likeness (QED) is 0.173. The predicted molar refractivity (Wildman–Crippen MR) is 143 cm³/mol.